The van der Waals surface area contributed by atoms with Crippen LogP contribution in [0.25, 0.3) is 0 Å². The molecule has 28 heavy (non-hydrogen) atoms. The average Bonchev–Trinajstić information content (AvgIpc) is 2.62. The Labute approximate surface area is 179 Å². The van der Waals surface area contributed by atoms with Crippen molar-refractivity contribution >= 4 is 30.5 Å². The third-order valence-electron chi connectivity index (χ3n) is 4.80. The van der Waals surface area contributed by atoms with E-state index in [9.17, 15) is 9.50 Å². The standard InChI is InChI=1S/C21H27FN2O2.2ClH/c1-16-7-8-21(17(2)13-16)26-15-18(25)14-23-9-11-24(12-10-23)20-6-4-3-5-19(20)22;;/h3-8,13,18,25H,9-12,14-15H2,1-2H3;2*1H. The number of rotatable bonds is 6. The molecule has 7 heteroatoms. The Kier molecular flexibility index (Phi) is 10.0. The van der Waals surface area contributed by atoms with Gasteiger partial charge in [-0.2, -0.15) is 0 Å². The van der Waals surface area contributed by atoms with Crippen molar-refractivity contribution in [2.75, 3.05) is 44.2 Å². The maximum atomic E-state index is 13.9. The number of piperazine rings is 1. The van der Waals surface area contributed by atoms with E-state index in [1.54, 1.807) is 6.07 Å². The van der Waals surface area contributed by atoms with Crippen LogP contribution in [0.1, 0.15) is 11.1 Å². The molecule has 1 N–H and O–H groups in total. The SMILES string of the molecule is Cc1ccc(OCC(O)CN2CCN(c3ccccc3F)CC2)c(C)c1.Cl.Cl. The van der Waals surface area contributed by atoms with Gasteiger partial charge < -0.3 is 14.7 Å². The first kappa shape index (κ1) is 24.5. The van der Waals surface area contributed by atoms with Gasteiger partial charge in [-0.25, -0.2) is 4.39 Å². The molecular formula is C21H29Cl2FN2O2. The van der Waals surface area contributed by atoms with Crippen LogP contribution in [-0.2, 0) is 0 Å². The summed E-state index contributed by atoms with van der Waals surface area (Å²) in [4.78, 5) is 4.26. The summed E-state index contributed by atoms with van der Waals surface area (Å²) in [5.41, 5.74) is 2.93. The highest BCUT2D eigenvalue weighted by Gasteiger charge is 2.21. The quantitative estimate of drug-likeness (QED) is 0.754. The molecule has 0 amide bonds. The zero-order valence-electron chi connectivity index (χ0n) is 16.3. The van der Waals surface area contributed by atoms with Crippen molar-refractivity contribution in [2.24, 2.45) is 0 Å². The van der Waals surface area contributed by atoms with Crippen molar-refractivity contribution in [3.05, 3.63) is 59.4 Å². The lowest BCUT2D eigenvalue weighted by Gasteiger charge is -2.37. The van der Waals surface area contributed by atoms with Crippen LogP contribution in [-0.4, -0.2) is 55.4 Å². The van der Waals surface area contributed by atoms with Gasteiger partial charge in [-0.15, -0.1) is 24.8 Å². The highest BCUT2D eigenvalue weighted by Crippen LogP contribution is 2.21. The fourth-order valence-corrected chi connectivity index (χ4v) is 3.38. The number of aliphatic hydroxyl groups is 1. The maximum absolute atomic E-state index is 13.9. The number of anilines is 1. The summed E-state index contributed by atoms with van der Waals surface area (Å²) in [5, 5.41) is 10.3. The topological polar surface area (TPSA) is 35.9 Å². The molecule has 0 radical (unpaired) electrons. The van der Waals surface area contributed by atoms with Gasteiger partial charge in [0.15, 0.2) is 0 Å². The Morgan fingerprint density at radius 1 is 1.04 bits per heavy atom. The second kappa shape index (κ2) is 11.5. The van der Waals surface area contributed by atoms with E-state index in [4.69, 9.17) is 4.74 Å². The van der Waals surface area contributed by atoms with Crippen molar-refractivity contribution < 1.29 is 14.2 Å². The second-order valence-electron chi connectivity index (χ2n) is 6.97. The molecule has 1 unspecified atom stereocenters. The van der Waals surface area contributed by atoms with Gasteiger partial charge in [0.05, 0.1) is 5.69 Å². The minimum absolute atomic E-state index is 0. The van der Waals surface area contributed by atoms with E-state index < -0.39 is 6.10 Å². The summed E-state index contributed by atoms with van der Waals surface area (Å²) >= 11 is 0. The van der Waals surface area contributed by atoms with Crippen molar-refractivity contribution in [3.63, 3.8) is 0 Å². The monoisotopic (exact) mass is 430 g/mol. The van der Waals surface area contributed by atoms with Crippen LogP contribution in [0.2, 0.25) is 0 Å². The Balaban J connectivity index is 0.00000196. The summed E-state index contributed by atoms with van der Waals surface area (Å²) < 4.78 is 19.7. The van der Waals surface area contributed by atoms with Crippen LogP contribution in [0, 0.1) is 19.7 Å². The largest absolute Gasteiger partial charge is 0.491 e. The maximum Gasteiger partial charge on any atom is 0.146 e. The molecule has 1 aliphatic heterocycles. The molecule has 1 saturated heterocycles. The molecule has 4 nitrogen and oxygen atoms in total. The molecule has 1 aliphatic rings. The van der Waals surface area contributed by atoms with Crippen molar-refractivity contribution in [1.82, 2.24) is 4.90 Å². The molecule has 3 rings (SSSR count). The molecule has 1 fully saturated rings. The van der Waals surface area contributed by atoms with Gasteiger partial charge in [-0.1, -0.05) is 29.8 Å². The number of β-amino-alcohol motifs (C(OH)–C–C–N with tert-alkyl or cyclic N) is 1. The van der Waals surface area contributed by atoms with Crippen LogP contribution in [0.15, 0.2) is 42.5 Å². The predicted octanol–water partition coefficient (Wildman–Crippen LogP) is 3.85. The van der Waals surface area contributed by atoms with Gasteiger partial charge in [0.25, 0.3) is 0 Å². The van der Waals surface area contributed by atoms with Gasteiger partial charge >= 0.3 is 0 Å². The van der Waals surface area contributed by atoms with E-state index in [0.717, 1.165) is 37.5 Å². The number of halogens is 3. The number of ether oxygens (including phenoxy) is 1. The summed E-state index contributed by atoms with van der Waals surface area (Å²) in [5.74, 6) is 0.641. The van der Waals surface area contributed by atoms with E-state index >= 15 is 0 Å². The smallest absolute Gasteiger partial charge is 0.146 e. The third kappa shape index (κ3) is 6.52. The fourth-order valence-electron chi connectivity index (χ4n) is 3.38. The second-order valence-corrected chi connectivity index (χ2v) is 6.97. The Morgan fingerprint density at radius 2 is 1.71 bits per heavy atom. The van der Waals surface area contributed by atoms with Gasteiger partial charge in [0.1, 0.15) is 24.3 Å². The summed E-state index contributed by atoms with van der Waals surface area (Å²) in [6.45, 7) is 8.01. The lowest BCUT2D eigenvalue weighted by molar-refractivity contribution is 0.0660. The Bertz CT molecular complexity index is 740. The highest BCUT2D eigenvalue weighted by atomic mass is 35.5. The number of hydrogen-bond acceptors (Lipinski definition) is 4. The molecule has 0 aromatic heterocycles. The molecule has 0 spiro atoms. The van der Waals surface area contributed by atoms with E-state index in [1.807, 2.05) is 38.1 Å². The first-order valence-electron chi connectivity index (χ1n) is 9.13. The normalized spacial score (nSPS) is 15.4. The summed E-state index contributed by atoms with van der Waals surface area (Å²) in [7, 11) is 0. The molecule has 2 aromatic carbocycles. The van der Waals surface area contributed by atoms with E-state index in [1.165, 1.54) is 11.6 Å². The Hall–Kier alpha value is -1.53. The number of nitrogens with zero attached hydrogens (tertiary/aromatic N) is 2. The molecule has 0 bridgehead atoms. The molecule has 0 aliphatic carbocycles. The number of aliphatic hydroxyl groups excluding tert-OH is 1. The molecule has 0 saturated carbocycles. The van der Waals surface area contributed by atoms with Crippen LogP contribution in [0.5, 0.6) is 5.75 Å². The molecule has 1 heterocycles. The van der Waals surface area contributed by atoms with Crippen molar-refractivity contribution in [2.45, 2.75) is 20.0 Å². The molecule has 1 atom stereocenters. The van der Waals surface area contributed by atoms with Gasteiger partial charge in [0.2, 0.25) is 0 Å². The highest BCUT2D eigenvalue weighted by molar-refractivity contribution is 5.85. The zero-order chi connectivity index (χ0) is 18.5. The minimum atomic E-state index is -0.546. The van der Waals surface area contributed by atoms with Crippen LogP contribution in [0.4, 0.5) is 10.1 Å². The number of benzene rings is 2. The van der Waals surface area contributed by atoms with Crippen molar-refractivity contribution in [1.29, 1.82) is 0 Å². The lowest BCUT2D eigenvalue weighted by atomic mass is 10.1. The fraction of sp³-hybridized carbons (Fsp3) is 0.429. The molecular weight excluding hydrogens is 402 g/mol. The van der Waals surface area contributed by atoms with E-state index in [-0.39, 0.29) is 37.2 Å². The van der Waals surface area contributed by atoms with Crippen molar-refractivity contribution in [3.8, 4) is 5.75 Å². The average molecular weight is 431 g/mol. The van der Waals surface area contributed by atoms with Crippen LogP contribution < -0.4 is 9.64 Å². The minimum Gasteiger partial charge on any atom is -0.491 e. The predicted molar refractivity (Wildman–Crippen MR) is 117 cm³/mol. The third-order valence-corrected chi connectivity index (χ3v) is 4.80. The van der Waals surface area contributed by atoms with Crippen LogP contribution >= 0.6 is 24.8 Å². The van der Waals surface area contributed by atoms with E-state index in [2.05, 4.69) is 15.9 Å². The summed E-state index contributed by atoms with van der Waals surface area (Å²) in [6, 6.07) is 12.9. The first-order valence-corrected chi connectivity index (χ1v) is 9.13. The van der Waals surface area contributed by atoms with Gasteiger partial charge in [0, 0.05) is 32.7 Å². The molecule has 2 aromatic rings. The van der Waals surface area contributed by atoms with Crippen LogP contribution in [0.3, 0.4) is 0 Å². The van der Waals surface area contributed by atoms with Gasteiger partial charge in [-0.3, -0.25) is 4.90 Å². The zero-order valence-corrected chi connectivity index (χ0v) is 17.9. The number of para-hydroxylation sites is 1. The molecule has 156 valence electrons. The first-order chi connectivity index (χ1) is 12.5. The Morgan fingerprint density at radius 3 is 2.36 bits per heavy atom. The lowest BCUT2D eigenvalue weighted by Crippen LogP contribution is -2.49. The van der Waals surface area contributed by atoms with E-state index in [0.29, 0.717) is 12.2 Å². The number of hydrogen-bond donors (Lipinski definition) is 1. The summed E-state index contributed by atoms with van der Waals surface area (Å²) in [6.07, 6.45) is -0.546. The van der Waals surface area contributed by atoms with Gasteiger partial charge in [-0.05, 0) is 37.6 Å². The number of aryl methyl sites for hydroxylation is 2.